The fraction of sp³-hybridized carbons (Fsp3) is 0.294. The molecule has 0 spiro atoms. The maximum absolute atomic E-state index is 13.6. The molecular formula is C17H19FN2. The van der Waals surface area contributed by atoms with Crippen molar-refractivity contribution in [3.63, 3.8) is 0 Å². The lowest BCUT2D eigenvalue weighted by Gasteiger charge is -2.35. The number of fused-ring (bicyclic) bond motifs is 1. The minimum Gasteiger partial charge on any atom is -0.396 e. The lowest BCUT2D eigenvalue weighted by Crippen LogP contribution is -2.33. The second kappa shape index (κ2) is 5.16. The molecule has 0 amide bonds. The summed E-state index contributed by atoms with van der Waals surface area (Å²) in [6.45, 7) is 3.98. The maximum Gasteiger partial charge on any atom is 0.146 e. The zero-order valence-electron chi connectivity index (χ0n) is 11.6. The second-order valence-corrected chi connectivity index (χ2v) is 5.67. The van der Waals surface area contributed by atoms with Crippen molar-refractivity contribution < 1.29 is 4.39 Å². The normalized spacial score (nSPS) is 17.9. The fourth-order valence-electron chi connectivity index (χ4n) is 2.95. The number of nitrogens with two attached hydrogens (primary N) is 1. The van der Waals surface area contributed by atoms with Crippen LogP contribution in [0.4, 0.5) is 15.8 Å². The Morgan fingerprint density at radius 3 is 2.85 bits per heavy atom. The summed E-state index contributed by atoms with van der Waals surface area (Å²) in [6, 6.07) is 13.6. The Morgan fingerprint density at radius 1 is 1.25 bits per heavy atom. The van der Waals surface area contributed by atoms with Gasteiger partial charge in [0.05, 0.1) is 5.69 Å². The van der Waals surface area contributed by atoms with Crippen molar-refractivity contribution in [1.29, 1.82) is 0 Å². The summed E-state index contributed by atoms with van der Waals surface area (Å²) in [6.07, 6.45) is 1.11. The van der Waals surface area contributed by atoms with Crippen LogP contribution in [0, 0.1) is 11.7 Å². The topological polar surface area (TPSA) is 29.3 Å². The summed E-state index contributed by atoms with van der Waals surface area (Å²) in [5.74, 6) is 0.282. The minimum atomic E-state index is -0.333. The van der Waals surface area contributed by atoms with E-state index in [0.717, 1.165) is 25.1 Å². The van der Waals surface area contributed by atoms with Gasteiger partial charge >= 0.3 is 0 Å². The summed E-state index contributed by atoms with van der Waals surface area (Å²) < 4.78 is 13.6. The van der Waals surface area contributed by atoms with E-state index in [1.54, 1.807) is 6.07 Å². The molecule has 1 unspecified atom stereocenters. The quantitative estimate of drug-likeness (QED) is 0.845. The van der Waals surface area contributed by atoms with Crippen LogP contribution in [0.25, 0.3) is 0 Å². The van der Waals surface area contributed by atoms with Gasteiger partial charge in [0, 0.05) is 18.8 Å². The van der Waals surface area contributed by atoms with Gasteiger partial charge < -0.3 is 10.6 Å². The molecule has 0 saturated carbocycles. The molecule has 2 N–H and O–H groups in total. The number of halogens is 1. The largest absolute Gasteiger partial charge is 0.396 e. The molecule has 0 radical (unpaired) electrons. The monoisotopic (exact) mass is 270 g/mol. The number of benzene rings is 2. The Hall–Kier alpha value is -2.03. The van der Waals surface area contributed by atoms with Gasteiger partial charge in [-0.3, -0.25) is 0 Å². The van der Waals surface area contributed by atoms with Gasteiger partial charge in [-0.05, 0) is 41.7 Å². The van der Waals surface area contributed by atoms with Crippen LogP contribution in [-0.2, 0) is 13.0 Å². The van der Waals surface area contributed by atoms with E-state index < -0.39 is 0 Å². The summed E-state index contributed by atoms with van der Waals surface area (Å²) in [4.78, 5) is 2.33. The first-order valence-electron chi connectivity index (χ1n) is 7.00. The molecule has 1 heterocycles. The highest BCUT2D eigenvalue weighted by molar-refractivity contribution is 5.56. The summed E-state index contributed by atoms with van der Waals surface area (Å²) in [5.41, 5.74) is 9.34. The van der Waals surface area contributed by atoms with E-state index >= 15 is 0 Å². The smallest absolute Gasteiger partial charge is 0.146 e. The lowest BCUT2D eigenvalue weighted by molar-refractivity contribution is 0.529. The van der Waals surface area contributed by atoms with Crippen LogP contribution in [0.15, 0.2) is 42.5 Å². The van der Waals surface area contributed by atoms with Gasteiger partial charge in [-0.2, -0.15) is 0 Å². The van der Waals surface area contributed by atoms with Gasteiger partial charge in [0.25, 0.3) is 0 Å². The maximum atomic E-state index is 13.6. The molecule has 1 aliphatic rings. The number of anilines is 2. The molecule has 0 bridgehead atoms. The first kappa shape index (κ1) is 13.0. The van der Waals surface area contributed by atoms with E-state index in [0.29, 0.717) is 5.92 Å². The third kappa shape index (κ3) is 2.48. The van der Waals surface area contributed by atoms with Gasteiger partial charge in [-0.15, -0.1) is 0 Å². The minimum absolute atomic E-state index is 0.209. The Kier molecular flexibility index (Phi) is 3.35. The first-order chi connectivity index (χ1) is 9.63. The Bertz CT molecular complexity index is 624. The van der Waals surface area contributed by atoms with Crippen molar-refractivity contribution in [2.45, 2.75) is 19.9 Å². The molecule has 3 heteroatoms. The molecule has 0 saturated heterocycles. The summed E-state index contributed by atoms with van der Waals surface area (Å²) in [7, 11) is 0. The van der Waals surface area contributed by atoms with Crippen LogP contribution in [0.1, 0.15) is 18.1 Å². The number of hydrogen-bond donors (Lipinski definition) is 1. The molecule has 0 aliphatic carbocycles. The molecule has 1 aliphatic heterocycles. The van der Waals surface area contributed by atoms with E-state index in [-0.39, 0.29) is 11.5 Å². The third-order valence-corrected chi connectivity index (χ3v) is 3.87. The fourth-order valence-corrected chi connectivity index (χ4v) is 2.95. The zero-order chi connectivity index (χ0) is 14.1. The Morgan fingerprint density at radius 2 is 2.05 bits per heavy atom. The van der Waals surface area contributed by atoms with E-state index in [9.17, 15) is 4.39 Å². The number of rotatable bonds is 2. The lowest BCUT2D eigenvalue weighted by atomic mass is 9.93. The van der Waals surface area contributed by atoms with Crippen molar-refractivity contribution in [3.05, 3.63) is 59.4 Å². The van der Waals surface area contributed by atoms with Crippen LogP contribution in [0.2, 0.25) is 0 Å². The molecule has 3 rings (SSSR count). The van der Waals surface area contributed by atoms with E-state index in [2.05, 4.69) is 36.1 Å². The third-order valence-electron chi connectivity index (χ3n) is 3.87. The Balaban J connectivity index is 1.89. The predicted octanol–water partition coefficient (Wildman–Crippen LogP) is 3.61. The molecule has 2 aromatic rings. The van der Waals surface area contributed by atoms with Crippen molar-refractivity contribution in [2.75, 3.05) is 17.2 Å². The van der Waals surface area contributed by atoms with Gasteiger partial charge in [-0.25, -0.2) is 4.39 Å². The average Bonchev–Trinajstić information content (AvgIpc) is 2.43. The van der Waals surface area contributed by atoms with Crippen LogP contribution in [0.3, 0.4) is 0 Å². The standard InChI is InChI=1S/C17H19FN2/c1-12-8-14-4-2-3-5-17(14)20(10-12)11-13-6-7-16(19)15(18)9-13/h2-7,9,12H,8,10-11,19H2,1H3. The van der Waals surface area contributed by atoms with Gasteiger partial charge in [0.2, 0.25) is 0 Å². The molecule has 20 heavy (non-hydrogen) atoms. The first-order valence-corrected chi connectivity index (χ1v) is 7.00. The predicted molar refractivity (Wildman–Crippen MR) is 81.2 cm³/mol. The van der Waals surface area contributed by atoms with Crippen LogP contribution in [0.5, 0.6) is 0 Å². The molecule has 2 nitrogen and oxygen atoms in total. The van der Waals surface area contributed by atoms with E-state index in [4.69, 9.17) is 5.73 Å². The highest BCUT2D eigenvalue weighted by atomic mass is 19.1. The molecule has 1 atom stereocenters. The van der Waals surface area contributed by atoms with Crippen LogP contribution in [-0.4, -0.2) is 6.54 Å². The number of hydrogen-bond acceptors (Lipinski definition) is 2. The highest BCUT2D eigenvalue weighted by Crippen LogP contribution is 2.30. The Labute approximate surface area is 119 Å². The van der Waals surface area contributed by atoms with Crippen LogP contribution < -0.4 is 10.6 Å². The van der Waals surface area contributed by atoms with E-state index in [1.165, 1.54) is 17.3 Å². The van der Waals surface area contributed by atoms with Crippen molar-refractivity contribution in [2.24, 2.45) is 5.92 Å². The average molecular weight is 270 g/mol. The molecular weight excluding hydrogens is 251 g/mol. The molecule has 2 aromatic carbocycles. The van der Waals surface area contributed by atoms with Crippen molar-refractivity contribution in [3.8, 4) is 0 Å². The number of para-hydroxylation sites is 1. The SMILES string of the molecule is CC1Cc2ccccc2N(Cc2ccc(N)c(F)c2)C1. The molecule has 0 aromatic heterocycles. The molecule has 104 valence electrons. The number of nitrogen functional groups attached to an aromatic ring is 1. The summed E-state index contributed by atoms with van der Waals surface area (Å²) >= 11 is 0. The van der Waals surface area contributed by atoms with E-state index in [1.807, 2.05) is 6.07 Å². The molecule has 0 fully saturated rings. The van der Waals surface area contributed by atoms with Gasteiger partial charge in [-0.1, -0.05) is 31.2 Å². The highest BCUT2D eigenvalue weighted by Gasteiger charge is 2.21. The summed E-state index contributed by atoms with van der Waals surface area (Å²) in [5, 5.41) is 0. The van der Waals surface area contributed by atoms with Gasteiger partial charge in [0.1, 0.15) is 5.82 Å². The zero-order valence-corrected chi connectivity index (χ0v) is 11.6. The second-order valence-electron chi connectivity index (χ2n) is 5.67. The number of nitrogens with zero attached hydrogens (tertiary/aromatic N) is 1. The van der Waals surface area contributed by atoms with Crippen molar-refractivity contribution >= 4 is 11.4 Å². The van der Waals surface area contributed by atoms with Gasteiger partial charge in [0.15, 0.2) is 0 Å². The van der Waals surface area contributed by atoms with Crippen molar-refractivity contribution in [1.82, 2.24) is 0 Å². The van der Waals surface area contributed by atoms with Crippen LogP contribution >= 0.6 is 0 Å².